The largest absolute Gasteiger partial charge is 0.103 e. The average Bonchev–Trinajstić information content (AvgIpc) is 2.14. The highest BCUT2D eigenvalue weighted by Crippen LogP contribution is 2.24. The standard InChI is InChI=1S/C15H22/c1-6-7-8-13-9-10-14(11-12(13)2)15(3,4)5/h6,9-11H,1,7-8H2,2-5H3. The first-order valence-corrected chi connectivity index (χ1v) is 5.66. The van der Waals surface area contributed by atoms with Gasteiger partial charge in [0.2, 0.25) is 0 Å². The Bertz CT molecular complexity index is 340. The molecule has 0 atom stereocenters. The van der Waals surface area contributed by atoms with E-state index in [9.17, 15) is 0 Å². The first-order chi connectivity index (χ1) is 6.95. The van der Waals surface area contributed by atoms with Gasteiger partial charge in [-0.1, -0.05) is 45.0 Å². The second-order valence-electron chi connectivity index (χ2n) is 5.22. The van der Waals surface area contributed by atoms with Crippen LogP contribution in [0, 0.1) is 6.92 Å². The maximum absolute atomic E-state index is 3.76. The Morgan fingerprint density at radius 2 is 1.93 bits per heavy atom. The molecule has 0 nitrogen and oxygen atoms in total. The quantitative estimate of drug-likeness (QED) is 0.637. The normalized spacial score (nSPS) is 11.5. The number of allylic oxidation sites excluding steroid dienone is 1. The SMILES string of the molecule is C=CCCc1ccc(C(C)(C)C)cc1C. The lowest BCUT2D eigenvalue weighted by molar-refractivity contribution is 0.589. The van der Waals surface area contributed by atoms with E-state index in [1.54, 1.807) is 0 Å². The number of hydrogen-bond donors (Lipinski definition) is 0. The molecular weight excluding hydrogens is 180 g/mol. The van der Waals surface area contributed by atoms with Crippen LogP contribution in [-0.2, 0) is 11.8 Å². The van der Waals surface area contributed by atoms with Crippen LogP contribution in [0.5, 0.6) is 0 Å². The predicted molar refractivity (Wildman–Crippen MR) is 68.4 cm³/mol. The number of benzene rings is 1. The molecule has 0 bridgehead atoms. The average molecular weight is 202 g/mol. The first kappa shape index (κ1) is 12.0. The lowest BCUT2D eigenvalue weighted by atomic mass is 9.85. The van der Waals surface area contributed by atoms with Gasteiger partial charge >= 0.3 is 0 Å². The van der Waals surface area contributed by atoms with Crippen molar-refractivity contribution in [3.63, 3.8) is 0 Å². The molecule has 82 valence electrons. The fourth-order valence-electron chi connectivity index (χ4n) is 1.70. The van der Waals surface area contributed by atoms with Crippen LogP contribution >= 0.6 is 0 Å². The summed E-state index contributed by atoms with van der Waals surface area (Å²) in [5.41, 5.74) is 4.52. The van der Waals surface area contributed by atoms with E-state index in [0.29, 0.717) is 0 Å². The molecule has 1 aromatic carbocycles. The van der Waals surface area contributed by atoms with Gasteiger partial charge in [0.25, 0.3) is 0 Å². The van der Waals surface area contributed by atoms with Crippen molar-refractivity contribution in [3.8, 4) is 0 Å². The van der Waals surface area contributed by atoms with Crippen molar-refractivity contribution in [2.24, 2.45) is 0 Å². The molecule has 0 radical (unpaired) electrons. The molecule has 0 heteroatoms. The summed E-state index contributed by atoms with van der Waals surface area (Å²) in [5, 5.41) is 0. The van der Waals surface area contributed by atoms with Gasteiger partial charge in [0, 0.05) is 0 Å². The monoisotopic (exact) mass is 202 g/mol. The molecular formula is C15H22. The van der Waals surface area contributed by atoms with Gasteiger partial charge in [0.15, 0.2) is 0 Å². The summed E-state index contributed by atoms with van der Waals surface area (Å²) in [6.45, 7) is 12.7. The van der Waals surface area contributed by atoms with E-state index >= 15 is 0 Å². The van der Waals surface area contributed by atoms with Crippen molar-refractivity contribution in [3.05, 3.63) is 47.5 Å². The molecule has 1 aromatic rings. The van der Waals surface area contributed by atoms with Gasteiger partial charge in [-0.3, -0.25) is 0 Å². The fraction of sp³-hybridized carbons (Fsp3) is 0.467. The zero-order valence-electron chi connectivity index (χ0n) is 10.4. The van der Waals surface area contributed by atoms with E-state index < -0.39 is 0 Å². The van der Waals surface area contributed by atoms with Gasteiger partial charge in [-0.05, 0) is 41.9 Å². The van der Waals surface area contributed by atoms with Crippen molar-refractivity contribution in [1.29, 1.82) is 0 Å². The molecule has 0 unspecified atom stereocenters. The summed E-state index contributed by atoms with van der Waals surface area (Å²) in [7, 11) is 0. The Balaban J connectivity index is 2.93. The van der Waals surface area contributed by atoms with Crippen LogP contribution in [0.3, 0.4) is 0 Å². The van der Waals surface area contributed by atoms with Crippen molar-refractivity contribution < 1.29 is 0 Å². The summed E-state index contributed by atoms with van der Waals surface area (Å²) < 4.78 is 0. The lowest BCUT2D eigenvalue weighted by Crippen LogP contribution is -2.11. The first-order valence-electron chi connectivity index (χ1n) is 5.66. The molecule has 0 aliphatic carbocycles. The second-order valence-corrected chi connectivity index (χ2v) is 5.22. The Morgan fingerprint density at radius 1 is 1.27 bits per heavy atom. The Kier molecular flexibility index (Phi) is 3.73. The van der Waals surface area contributed by atoms with E-state index in [4.69, 9.17) is 0 Å². The third-order valence-electron chi connectivity index (χ3n) is 2.83. The van der Waals surface area contributed by atoms with Crippen molar-refractivity contribution in [2.75, 3.05) is 0 Å². The van der Waals surface area contributed by atoms with Gasteiger partial charge in [-0.2, -0.15) is 0 Å². The van der Waals surface area contributed by atoms with E-state index in [-0.39, 0.29) is 5.41 Å². The molecule has 0 aliphatic rings. The Labute approximate surface area is 94.0 Å². The van der Waals surface area contributed by atoms with Crippen LogP contribution < -0.4 is 0 Å². The van der Waals surface area contributed by atoms with Gasteiger partial charge in [0.05, 0.1) is 0 Å². The second kappa shape index (κ2) is 4.65. The molecule has 0 saturated carbocycles. The van der Waals surface area contributed by atoms with E-state index in [0.717, 1.165) is 12.8 Å². The number of hydrogen-bond acceptors (Lipinski definition) is 0. The molecule has 0 aliphatic heterocycles. The van der Waals surface area contributed by atoms with Crippen LogP contribution in [0.4, 0.5) is 0 Å². The lowest BCUT2D eigenvalue weighted by Gasteiger charge is -2.20. The minimum atomic E-state index is 0.252. The Morgan fingerprint density at radius 3 is 2.40 bits per heavy atom. The molecule has 0 aromatic heterocycles. The van der Waals surface area contributed by atoms with Crippen LogP contribution in [-0.4, -0.2) is 0 Å². The molecule has 1 rings (SSSR count). The third-order valence-corrected chi connectivity index (χ3v) is 2.83. The van der Waals surface area contributed by atoms with Crippen LogP contribution in [0.2, 0.25) is 0 Å². The maximum Gasteiger partial charge on any atom is -0.0132 e. The van der Waals surface area contributed by atoms with E-state index in [2.05, 4.69) is 52.5 Å². The minimum Gasteiger partial charge on any atom is -0.103 e. The van der Waals surface area contributed by atoms with Crippen LogP contribution in [0.1, 0.15) is 43.9 Å². The zero-order chi connectivity index (χ0) is 11.5. The summed E-state index contributed by atoms with van der Waals surface area (Å²) in [6, 6.07) is 6.84. The molecule has 0 spiro atoms. The topological polar surface area (TPSA) is 0 Å². The summed E-state index contributed by atoms with van der Waals surface area (Å²) in [5.74, 6) is 0. The maximum atomic E-state index is 3.76. The van der Waals surface area contributed by atoms with Crippen molar-refractivity contribution >= 4 is 0 Å². The molecule has 0 heterocycles. The van der Waals surface area contributed by atoms with E-state index in [1.165, 1.54) is 16.7 Å². The minimum absolute atomic E-state index is 0.252. The highest BCUT2D eigenvalue weighted by molar-refractivity contribution is 5.34. The van der Waals surface area contributed by atoms with Gasteiger partial charge in [-0.25, -0.2) is 0 Å². The number of aryl methyl sites for hydroxylation is 2. The number of rotatable bonds is 3. The summed E-state index contributed by atoms with van der Waals surface area (Å²) in [4.78, 5) is 0. The smallest absolute Gasteiger partial charge is 0.0132 e. The van der Waals surface area contributed by atoms with Crippen LogP contribution in [0.25, 0.3) is 0 Å². The van der Waals surface area contributed by atoms with Crippen molar-refractivity contribution in [1.82, 2.24) is 0 Å². The van der Waals surface area contributed by atoms with Gasteiger partial charge in [-0.15, -0.1) is 6.58 Å². The van der Waals surface area contributed by atoms with Gasteiger partial charge in [0.1, 0.15) is 0 Å². The predicted octanol–water partition coefficient (Wildman–Crippen LogP) is 4.41. The molecule has 0 amide bonds. The molecule has 0 fully saturated rings. The zero-order valence-corrected chi connectivity index (χ0v) is 10.4. The highest BCUT2D eigenvalue weighted by atomic mass is 14.2. The Hall–Kier alpha value is -1.04. The van der Waals surface area contributed by atoms with E-state index in [1.807, 2.05) is 6.08 Å². The van der Waals surface area contributed by atoms with Crippen LogP contribution in [0.15, 0.2) is 30.9 Å². The third kappa shape index (κ3) is 3.23. The summed E-state index contributed by atoms with van der Waals surface area (Å²) in [6.07, 6.45) is 4.16. The molecule has 0 saturated heterocycles. The van der Waals surface area contributed by atoms with Gasteiger partial charge < -0.3 is 0 Å². The molecule has 15 heavy (non-hydrogen) atoms. The fourth-order valence-corrected chi connectivity index (χ4v) is 1.70. The summed E-state index contributed by atoms with van der Waals surface area (Å²) >= 11 is 0. The van der Waals surface area contributed by atoms with Crippen molar-refractivity contribution in [2.45, 2.75) is 46.0 Å². The molecule has 0 N–H and O–H groups in total. The highest BCUT2D eigenvalue weighted by Gasteiger charge is 2.13.